The Bertz CT molecular complexity index is 5090. The number of rotatable bonds is 16. The highest BCUT2D eigenvalue weighted by Crippen LogP contribution is 2.46. The topological polar surface area (TPSA) is 363 Å². The summed E-state index contributed by atoms with van der Waals surface area (Å²) in [6.45, 7) is 17.6. The molecule has 38 heteroatoms. The Hall–Kier alpha value is -11.5. The van der Waals surface area contributed by atoms with Crippen molar-refractivity contribution in [1.29, 1.82) is 0 Å². The molecule has 3 amide bonds. The SMILES string of the molecule is C.C.C.C.CC(C)(C)OC(=O)NCCCCl.CCOC(=O)c1cnn2cc3c(nc12)N(Cc1cc(F)c[nH]c1=O)[C@@H]1CCC[C@@H]1O3.CCOC(=O)c1cnn2cc3c(nc12)N(Cc1cc(F)cnc1OCCCNC(=O)OC(C)(C)C)[C@@H]1CCC[C@@H]1O3.O=C1NCCCOc2ncc(F)cc2CN2c3nc4c1cnn4cc3O[C@H]1CCC[C@H]12.[2H]CF. The first-order chi connectivity index (χ1) is 56.2. The van der Waals surface area contributed by atoms with Crippen LogP contribution >= 0.6 is 11.6 Å². The van der Waals surface area contributed by atoms with E-state index in [1.807, 2.05) is 25.7 Å². The fraction of sp³-hybridized carbons (Fsp3) is 0.537. The molecule has 6 atom stereocenters. The van der Waals surface area contributed by atoms with E-state index >= 15 is 0 Å². The van der Waals surface area contributed by atoms with Crippen LogP contribution in [0.15, 0.2) is 78.8 Å². The van der Waals surface area contributed by atoms with Crippen LogP contribution in [0.1, 0.15) is 211 Å². The number of hydrogen-bond acceptors (Lipinski definition) is 26. The number of carbonyl (C=O) groups excluding carboxylic acids is 5. The minimum absolute atomic E-state index is 0. The number of aromatic amines is 1. The number of alkyl carbamates (subject to hydrolysis) is 2. The maximum Gasteiger partial charge on any atom is 0.407 e. The number of esters is 2. The number of H-pyrrole nitrogens is 1. The average molecular weight is 1700 g/mol. The molecule has 0 aromatic carbocycles. The number of aromatic nitrogens is 12. The molecule has 9 aromatic rings. The second-order valence-corrected chi connectivity index (χ2v) is 30.4. The first-order valence-corrected chi connectivity index (χ1v) is 39.1. The number of halogens is 5. The first-order valence-electron chi connectivity index (χ1n) is 39.3. The third kappa shape index (κ3) is 22.5. The molecular weight excluding hydrogens is 1590 g/mol. The third-order valence-electron chi connectivity index (χ3n) is 19.5. The summed E-state index contributed by atoms with van der Waals surface area (Å²) in [6, 6.07) is 4.22. The zero-order valence-corrected chi connectivity index (χ0v) is 66.4. The lowest BCUT2D eigenvalue weighted by Crippen LogP contribution is -2.47. The monoisotopic (exact) mass is 1700 g/mol. The number of amides is 3. The van der Waals surface area contributed by atoms with Crippen molar-refractivity contribution < 1.29 is 85.5 Å². The van der Waals surface area contributed by atoms with Crippen molar-refractivity contribution in [2.24, 2.45) is 0 Å². The summed E-state index contributed by atoms with van der Waals surface area (Å²) in [5.41, 5.74) is 2.20. The Morgan fingerprint density at radius 2 is 1.10 bits per heavy atom. The Morgan fingerprint density at radius 1 is 0.617 bits per heavy atom. The van der Waals surface area contributed by atoms with Gasteiger partial charge in [0.2, 0.25) is 11.8 Å². The minimum atomic E-state index is -1.00. The fourth-order valence-corrected chi connectivity index (χ4v) is 14.7. The van der Waals surface area contributed by atoms with Gasteiger partial charge in [-0.1, -0.05) is 29.7 Å². The van der Waals surface area contributed by atoms with Crippen LogP contribution in [0.2, 0.25) is 0 Å². The normalized spacial score (nSPS) is 18.3. The summed E-state index contributed by atoms with van der Waals surface area (Å²) in [6.07, 6.45) is 22.1. The molecule has 13 heterocycles. The quantitative estimate of drug-likeness (QED) is 0.0229. The van der Waals surface area contributed by atoms with Crippen molar-refractivity contribution in [3.05, 3.63) is 135 Å². The predicted octanol–water partition coefficient (Wildman–Crippen LogP) is 13.5. The van der Waals surface area contributed by atoms with E-state index in [1.54, 1.807) is 57.7 Å². The van der Waals surface area contributed by atoms with E-state index < -0.39 is 53.8 Å². The number of pyridine rings is 3. The van der Waals surface area contributed by atoms with Gasteiger partial charge in [-0.2, -0.15) is 15.3 Å². The van der Waals surface area contributed by atoms with Gasteiger partial charge in [-0.05, 0) is 151 Å². The highest BCUT2D eigenvalue weighted by atomic mass is 35.5. The molecule has 3 aliphatic carbocycles. The molecule has 33 nitrogen and oxygen atoms in total. The summed E-state index contributed by atoms with van der Waals surface area (Å²) < 4.78 is 113. The fourth-order valence-electron chi connectivity index (χ4n) is 14.6. The van der Waals surface area contributed by atoms with Crippen molar-refractivity contribution in [3.63, 3.8) is 0 Å². The zero-order chi connectivity index (χ0) is 83.2. The van der Waals surface area contributed by atoms with Gasteiger partial charge in [-0.25, -0.2) is 70.8 Å². The summed E-state index contributed by atoms with van der Waals surface area (Å²) in [4.78, 5) is 104. The van der Waals surface area contributed by atoms with E-state index in [9.17, 15) is 46.3 Å². The molecule has 3 fully saturated rings. The number of nitrogens with zero attached hydrogens (tertiary/aromatic N) is 14. The molecule has 0 unspecified atom stereocenters. The van der Waals surface area contributed by atoms with Crippen LogP contribution in [0.5, 0.6) is 29.0 Å². The minimum Gasteiger partial charge on any atom is -0.483 e. The smallest absolute Gasteiger partial charge is 0.407 e. The largest absolute Gasteiger partial charge is 0.483 e. The molecule has 120 heavy (non-hydrogen) atoms. The molecule has 16 rings (SSSR count). The first kappa shape index (κ1) is 92.4. The molecule has 3 saturated carbocycles. The van der Waals surface area contributed by atoms with Crippen LogP contribution in [0.3, 0.4) is 0 Å². The summed E-state index contributed by atoms with van der Waals surface area (Å²) in [7, 11) is -1.00. The maximum atomic E-state index is 14.4. The van der Waals surface area contributed by atoms with Gasteiger partial charge in [0.05, 0.1) is 122 Å². The van der Waals surface area contributed by atoms with Crippen LogP contribution in [0.25, 0.3) is 16.9 Å². The molecule has 0 saturated heterocycles. The number of alkyl halides is 2. The van der Waals surface area contributed by atoms with Gasteiger partial charge >= 0.3 is 24.1 Å². The van der Waals surface area contributed by atoms with Gasteiger partial charge in [-0.3, -0.25) is 14.0 Å². The van der Waals surface area contributed by atoms with Crippen LogP contribution in [0, 0.1) is 17.5 Å². The second-order valence-electron chi connectivity index (χ2n) is 30.0. The zero-order valence-electron chi connectivity index (χ0n) is 66.6. The Labute approximate surface area is 700 Å². The molecule has 4 aliphatic heterocycles. The summed E-state index contributed by atoms with van der Waals surface area (Å²) >= 11 is 5.43. The molecule has 0 spiro atoms. The van der Waals surface area contributed by atoms with Crippen LogP contribution in [-0.2, 0) is 38.6 Å². The molecule has 4 N–H and O–H groups in total. The number of anilines is 3. The van der Waals surface area contributed by atoms with Crippen molar-refractivity contribution in [2.45, 2.75) is 229 Å². The number of ether oxygens (including phenoxy) is 9. The van der Waals surface area contributed by atoms with Gasteiger partial charge in [0.25, 0.3) is 11.5 Å². The Morgan fingerprint density at radius 3 is 1.65 bits per heavy atom. The van der Waals surface area contributed by atoms with Gasteiger partial charge in [0.1, 0.15) is 63.7 Å². The Kier molecular flexibility index (Phi) is 32.3. The number of hydrogen-bond donors (Lipinski definition) is 4. The highest BCUT2D eigenvalue weighted by molar-refractivity contribution is 6.17. The van der Waals surface area contributed by atoms with E-state index in [-0.39, 0.29) is 128 Å². The van der Waals surface area contributed by atoms with Crippen molar-refractivity contribution in [1.82, 2.24) is 74.7 Å². The van der Waals surface area contributed by atoms with E-state index in [2.05, 4.69) is 61.0 Å². The van der Waals surface area contributed by atoms with Crippen molar-refractivity contribution in [3.8, 4) is 29.0 Å². The number of nitrogens with one attached hydrogen (secondary N) is 4. The lowest BCUT2D eigenvalue weighted by atomic mass is 10.1. The molecular formula is C82H111ClF4N18O15. The Balaban J connectivity index is 0.000000207. The molecule has 2 bridgehead atoms. The van der Waals surface area contributed by atoms with E-state index in [0.29, 0.717) is 137 Å². The van der Waals surface area contributed by atoms with Gasteiger partial charge in [-0.15, -0.1) is 11.6 Å². The van der Waals surface area contributed by atoms with Gasteiger partial charge in [0.15, 0.2) is 51.6 Å². The molecule has 7 aliphatic rings. The average Bonchev–Trinajstić information content (AvgIpc) is 1.66. The van der Waals surface area contributed by atoms with Gasteiger partial charge < -0.3 is 78.3 Å². The molecule has 654 valence electrons. The van der Waals surface area contributed by atoms with E-state index in [1.165, 1.54) is 45.8 Å². The second kappa shape index (κ2) is 41.9. The van der Waals surface area contributed by atoms with E-state index in [4.69, 9.17) is 65.6 Å². The summed E-state index contributed by atoms with van der Waals surface area (Å²) in [5, 5.41) is 20.9. The number of fused-ring (bicyclic) bond motifs is 9. The predicted molar refractivity (Wildman–Crippen MR) is 441 cm³/mol. The van der Waals surface area contributed by atoms with E-state index in [0.717, 1.165) is 82.8 Å². The molecule has 0 radical (unpaired) electrons. The third-order valence-corrected chi connectivity index (χ3v) is 19.7. The van der Waals surface area contributed by atoms with Crippen LogP contribution in [-0.4, -0.2) is 196 Å². The maximum absolute atomic E-state index is 14.4. The lowest BCUT2D eigenvalue weighted by Gasteiger charge is -2.39. The van der Waals surface area contributed by atoms with Gasteiger partial charge in [0, 0.05) is 48.4 Å². The highest BCUT2D eigenvalue weighted by Gasteiger charge is 2.45. The standard InChI is InChI=1S/C28H35FN6O6.C21H21FN6O3.C20H20FN5O4.C8H16ClNO2.CH3F.4CH4/c1-5-38-26(36)19-14-32-35-16-22-24(33-23(19)35)34(20-8-6-9-21(20)40-22)15-17-12-18(29)13-31-25(17)39-11-7-10-30-27(37)41-28(2,3)4;22-13-7-12-10-27-15-3-1-4-16(15)31-17-11-28-18(26-19(17)27)14(9-25-28)20(29)23-5-2-6-30-21(12)24-8-13;1-2-29-20(28)13-8-23-26-10-16-18(24-17(13)26)25(14-4-3-5-15(14)30-16)9-11-6-12(21)7-22-19(11)27;1-8(2,3)12-7(11)10-6-4-5-9;1-2;;;;/h12-14,16,20-21H,5-11,15H2,1-4H3,(H,30,37);7-9,11,15-16H,1-6,10H2,(H,23,29);6-8,10,14-15H,2-5,9H2,1H3,(H,22,27);4-6H2,1-3H3,(H,10,11);1H3;4*1H4/t20-,21+;15-,16+;14-,15+;;;;;;/m111....../s1/i;;;;1D;;;;. The van der Waals surface area contributed by atoms with Crippen LogP contribution in [0.4, 0.5) is 44.6 Å². The number of carbonyl (C=O) groups is 5. The summed E-state index contributed by atoms with van der Waals surface area (Å²) in [5.74, 6) is 1.88. The molecule has 9 aromatic heterocycles. The van der Waals surface area contributed by atoms with Crippen molar-refractivity contribution >= 4 is 76.0 Å². The van der Waals surface area contributed by atoms with Crippen molar-refractivity contribution in [2.75, 3.05) is 73.8 Å². The lowest BCUT2D eigenvalue weighted by molar-refractivity contribution is 0.0514. The van der Waals surface area contributed by atoms with Crippen LogP contribution < -0.4 is 59.9 Å².